The molecule has 0 fully saturated rings. The molecule has 0 radical (unpaired) electrons. The summed E-state index contributed by atoms with van der Waals surface area (Å²) >= 11 is 5.30. The molecule has 18 heavy (non-hydrogen) atoms. The van der Waals surface area contributed by atoms with Crippen molar-refractivity contribution in [3.8, 4) is 0 Å². The average molecular weight is 280 g/mol. The number of carbonyl (C=O) groups is 2. The van der Waals surface area contributed by atoms with Crippen LogP contribution in [0, 0.1) is 11.6 Å². The number of amides is 1. The molecule has 0 unspecified atom stereocenters. The molecule has 5 nitrogen and oxygen atoms in total. The van der Waals surface area contributed by atoms with E-state index in [1.54, 1.807) is 0 Å². The van der Waals surface area contributed by atoms with Crippen LogP contribution in [0.3, 0.4) is 0 Å². The molecule has 0 aliphatic heterocycles. The highest BCUT2D eigenvalue weighted by Crippen LogP contribution is 2.19. The minimum absolute atomic E-state index is 0.477. The SMILES string of the molecule is O=C(NC[C@H](O)C(=O)O)c1cc(F)c(Cl)cc1F. The van der Waals surface area contributed by atoms with Crippen molar-refractivity contribution in [2.45, 2.75) is 6.10 Å². The third-order valence-electron chi connectivity index (χ3n) is 2.00. The van der Waals surface area contributed by atoms with Crippen LogP contribution in [0.5, 0.6) is 0 Å². The van der Waals surface area contributed by atoms with Gasteiger partial charge in [0.2, 0.25) is 0 Å². The first-order valence-corrected chi connectivity index (χ1v) is 5.04. The molecule has 1 amide bonds. The topological polar surface area (TPSA) is 86.6 Å². The van der Waals surface area contributed by atoms with Crippen molar-refractivity contribution in [2.24, 2.45) is 0 Å². The Labute approximate surface area is 105 Å². The zero-order valence-electron chi connectivity index (χ0n) is 8.78. The number of aliphatic hydroxyl groups excluding tert-OH is 1. The molecule has 0 heterocycles. The van der Waals surface area contributed by atoms with Gasteiger partial charge in [0.25, 0.3) is 5.91 Å². The zero-order chi connectivity index (χ0) is 13.9. The first-order chi connectivity index (χ1) is 8.32. The zero-order valence-corrected chi connectivity index (χ0v) is 9.54. The predicted molar refractivity (Wildman–Crippen MR) is 57.3 cm³/mol. The first kappa shape index (κ1) is 14.3. The average Bonchev–Trinajstić information content (AvgIpc) is 2.30. The molecule has 1 rings (SSSR count). The van der Waals surface area contributed by atoms with Crippen LogP contribution in [0.1, 0.15) is 10.4 Å². The van der Waals surface area contributed by atoms with E-state index in [1.807, 2.05) is 5.32 Å². The molecule has 1 aromatic rings. The fourth-order valence-electron chi connectivity index (χ4n) is 1.07. The Balaban J connectivity index is 2.79. The van der Waals surface area contributed by atoms with E-state index < -0.39 is 46.7 Å². The number of hydrogen-bond donors (Lipinski definition) is 3. The molecule has 0 saturated carbocycles. The van der Waals surface area contributed by atoms with E-state index in [1.165, 1.54) is 0 Å². The Morgan fingerprint density at radius 2 is 1.94 bits per heavy atom. The Morgan fingerprint density at radius 3 is 2.50 bits per heavy atom. The maximum atomic E-state index is 13.3. The van der Waals surface area contributed by atoms with Gasteiger partial charge in [-0.3, -0.25) is 4.79 Å². The van der Waals surface area contributed by atoms with Crippen molar-refractivity contribution in [1.82, 2.24) is 5.32 Å². The van der Waals surface area contributed by atoms with E-state index in [0.29, 0.717) is 12.1 Å². The molecule has 3 N–H and O–H groups in total. The van der Waals surface area contributed by atoms with Gasteiger partial charge in [0, 0.05) is 0 Å². The highest BCUT2D eigenvalue weighted by atomic mass is 35.5. The smallest absolute Gasteiger partial charge is 0.334 e. The van der Waals surface area contributed by atoms with Crippen LogP contribution >= 0.6 is 11.6 Å². The quantitative estimate of drug-likeness (QED) is 0.711. The lowest BCUT2D eigenvalue weighted by Crippen LogP contribution is -2.36. The summed E-state index contributed by atoms with van der Waals surface area (Å²) in [5.41, 5.74) is -0.630. The number of aliphatic carboxylic acids is 1. The number of halogens is 3. The fraction of sp³-hybridized carbons (Fsp3) is 0.200. The second-order valence-corrected chi connectivity index (χ2v) is 3.72. The Bertz CT molecular complexity index is 495. The summed E-state index contributed by atoms with van der Waals surface area (Å²) in [5.74, 6) is -4.63. The number of carbonyl (C=O) groups excluding carboxylic acids is 1. The van der Waals surface area contributed by atoms with Gasteiger partial charge in [-0.25, -0.2) is 13.6 Å². The Kier molecular flexibility index (Phi) is 4.57. The van der Waals surface area contributed by atoms with Gasteiger partial charge in [-0.1, -0.05) is 11.6 Å². The number of rotatable bonds is 4. The van der Waals surface area contributed by atoms with Crippen LogP contribution in [0.4, 0.5) is 8.78 Å². The molecular formula is C10H8ClF2NO4. The standard InChI is InChI=1S/C10H8ClF2NO4/c11-5-2-6(12)4(1-7(5)13)9(16)14-3-8(15)10(17)18/h1-2,8,15H,3H2,(H,14,16)(H,17,18)/t8-/m0/s1. The minimum atomic E-state index is -1.82. The number of hydrogen-bond acceptors (Lipinski definition) is 3. The predicted octanol–water partition coefficient (Wildman–Crippen LogP) is 0.794. The molecule has 1 atom stereocenters. The van der Waals surface area contributed by atoms with Gasteiger partial charge in [0.15, 0.2) is 6.10 Å². The van der Waals surface area contributed by atoms with Crippen molar-refractivity contribution in [1.29, 1.82) is 0 Å². The number of aliphatic hydroxyl groups is 1. The molecular weight excluding hydrogens is 272 g/mol. The number of carboxylic acid groups (broad SMARTS) is 1. The van der Waals surface area contributed by atoms with Crippen molar-refractivity contribution in [3.63, 3.8) is 0 Å². The molecule has 0 aromatic heterocycles. The van der Waals surface area contributed by atoms with Crippen LogP contribution in [0.15, 0.2) is 12.1 Å². The fourth-order valence-corrected chi connectivity index (χ4v) is 1.22. The highest BCUT2D eigenvalue weighted by molar-refractivity contribution is 6.30. The number of carboxylic acids is 1. The van der Waals surface area contributed by atoms with Gasteiger partial charge in [-0.15, -0.1) is 0 Å². The third kappa shape index (κ3) is 3.38. The van der Waals surface area contributed by atoms with Gasteiger partial charge >= 0.3 is 5.97 Å². The van der Waals surface area contributed by atoms with Crippen molar-refractivity contribution >= 4 is 23.5 Å². The molecule has 8 heteroatoms. The summed E-state index contributed by atoms with van der Waals surface area (Å²) in [6.07, 6.45) is -1.82. The first-order valence-electron chi connectivity index (χ1n) is 4.66. The van der Waals surface area contributed by atoms with Crippen LogP contribution in [-0.4, -0.2) is 34.7 Å². The lowest BCUT2D eigenvalue weighted by atomic mass is 10.2. The molecule has 0 aliphatic rings. The van der Waals surface area contributed by atoms with Crippen LogP contribution in [0.25, 0.3) is 0 Å². The summed E-state index contributed by atoms with van der Waals surface area (Å²) in [5, 5.41) is 18.7. The van der Waals surface area contributed by atoms with Gasteiger partial charge in [0.05, 0.1) is 17.1 Å². The maximum Gasteiger partial charge on any atom is 0.334 e. The highest BCUT2D eigenvalue weighted by Gasteiger charge is 2.18. The van der Waals surface area contributed by atoms with Crippen molar-refractivity contribution in [2.75, 3.05) is 6.54 Å². The van der Waals surface area contributed by atoms with Crippen LogP contribution in [-0.2, 0) is 4.79 Å². The minimum Gasteiger partial charge on any atom is -0.479 e. The summed E-state index contributed by atoms with van der Waals surface area (Å²) in [6.45, 7) is -0.627. The normalized spacial score (nSPS) is 12.0. The van der Waals surface area contributed by atoms with E-state index in [2.05, 4.69) is 0 Å². The maximum absolute atomic E-state index is 13.3. The largest absolute Gasteiger partial charge is 0.479 e. The second kappa shape index (κ2) is 5.74. The van der Waals surface area contributed by atoms with Crippen molar-refractivity contribution in [3.05, 3.63) is 34.4 Å². The van der Waals surface area contributed by atoms with Crippen LogP contribution < -0.4 is 5.32 Å². The van der Waals surface area contributed by atoms with E-state index in [-0.39, 0.29) is 0 Å². The molecule has 0 aliphatic carbocycles. The lowest BCUT2D eigenvalue weighted by Gasteiger charge is -2.08. The second-order valence-electron chi connectivity index (χ2n) is 3.31. The van der Waals surface area contributed by atoms with Gasteiger partial charge < -0.3 is 15.5 Å². The van der Waals surface area contributed by atoms with Crippen LogP contribution in [0.2, 0.25) is 5.02 Å². The van der Waals surface area contributed by atoms with Gasteiger partial charge in [-0.05, 0) is 12.1 Å². The summed E-state index contributed by atoms with van der Waals surface area (Å²) < 4.78 is 26.3. The van der Waals surface area contributed by atoms with E-state index in [0.717, 1.165) is 0 Å². The summed E-state index contributed by atoms with van der Waals surface area (Å²) in [4.78, 5) is 21.7. The monoisotopic (exact) mass is 279 g/mol. The van der Waals surface area contributed by atoms with E-state index in [9.17, 15) is 18.4 Å². The summed E-state index contributed by atoms with van der Waals surface area (Å²) in [6, 6.07) is 1.21. The number of nitrogens with one attached hydrogen (secondary N) is 1. The molecule has 1 aromatic carbocycles. The summed E-state index contributed by atoms with van der Waals surface area (Å²) in [7, 11) is 0. The number of benzene rings is 1. The Morgan fingerprint density at radius 1 is 1.33 bits per heavy atom. The van der Waals surface area contributed by atoms with E-state index in [4.69, 9.17) is 21.8 Å². The molecule has 0 saturated heterocycles. The Hall–Kier alpha value is -1.73. The third-order valence-corrected chi connectivity index (χ3v) is 2.29. The lowest BCUT2D eigenvalue weighted by molar-refractivity contribution is -0.146. The van der Waals surface area contributed by atoms with Gasteiger partial charge in [0.1, 0.15) is 11.6 Å². The van der Waals surface area contributed by atoms with Crippen molar-refractivity contribution < 1.29 is 28.6 Å². The van der Waals surface area contributed by atoms with E-state index >= 15 is 0 Å². The molecule has 0 spiro atoms. The van der Waals surface area contributed by atoms with Gasteiger partial charge in [-0.2, -0.15) is 0 Å². The molecule has 98 valence electrons. The molecule has 0 bridgehead atoms.